The minimum absolute atomic E-state index is 0.124. The fraction of sp³-hybridized carbons (Fsp3) is 0.333. The molecule has 2 aromatic rings. The Morgan fingerprint density at radius 1 is 1.04 bits per heavy atom. The molecule has 1 saturated heterocycles. The van der Waals surface area contributed by atoms with Crippen LogP contribution in [0, 0.1) is 0 Å². The van der Waals surface area contributed by atoms with E-state index in [0.717, 1.165) is 0 Å². The van der Waals surface area contributed by atoms with Crippen LogP contribution in [0.1, 0.15) is 13.8 Å². The summed E-state index contributed by atoms with van der Waals surface area (Å²) >= 11 is 6.07. The van der Waals surface area contributed by atoms with Crippen molar-refractivity contribution in [1.82, 2.24) is 4.31 Å². The van der Waals surface area contributed by atoms with Gasteiger partial charge >= 0.3 is 0 Å². The molecule has 134 valence electrons. The molecule has 2 aromatic carbocycles. The molecule has 0 spiro atoms. The van der Waals surface area contributed by atoms with Crippen molar-refractivity contribution in [3.63, 3.8) is 0 Å². The van der Waals surface area contributed by atoms with Crippen LogP contribution in [-0.4, -0.2) is 38.0 Å². The van der Waals surface area contributed by atoms with Gasteiger partial charge in [0.15, 0.2) is 0 Å². The van der Waals surface area contributed by atoms with Gasteiger partial charge in [0.1, 0.15) is 11.5 Å². The number of para-hydroxylation sites is 1. The Morgan fingerprint density at radius 2 is 1.64 bits per heavy atom. The molecule has 3 rings (SSSR count). The summed E-state index contributed by atoms with van der Waals surface area (Å²) in [5.74, 6) is 1.05. The number of morpholine rings is 1. The quantitative estimate of drug-likeness (QED) is 0.805. The molecule has 0 aromatic heterocycles. The largest absolute Gasteiger partial charge is 0.456 e. The number of halogens is 1. The molecular formula is C18H20ClNO4S. The molecule has 0 aliphatic carbocycles. The predicted molar refractivity (Wildman–Crippen MR) is 96.7 cm³/mol. The maximum absolute atomic E-state index is 12.8. The molecule has 0 radical (unpaired) electrons. The van der Waals surface area contributed by atoms with Crippen molar-refractivity contribution in [2.24, 2.45) is 0 Å². The van der Waals surface area contributed by atoms with Gasteiger partial charge in [-0.1, -0.05) is 23.7 Å². The first-order valence-corrected chi connectivity index (χ1v) is 9.86. The summed E-state index contributed by atoms with van der Waals surface area (Å²) in [7, 11) is -3.55. The minimum atomic E-state index is -3.55. The molecule has 1 aliphatic rings. The van der Waals surface area contributed by atoms with E-state index in [1.807, 2.05) is 26.0 Å². The van der Waals surface area contributed by atoms with Gasteiger partial charge in [0.05, 0.1) is 22.1 Å². The first-order chi connectivity index (χ1) is 11.9. The summed E-state index contributed by atoms with van der Waals surface area (Å²) in [6, 6.07) is 13.5. The molecule has 0 amide bonds. The number of rotatable bonds is 4. The predicted octanol–water partition coefficient (Wildman–Crippen LogP) is 3.93. The van der Waals surface area contributed by atoms with Crippen molar-refractivity contribution in [2.75, 3.05) is 13.1 Å². The Hall–Kier alpha value is -1.60. The first kappa shape index (κ1) is 18.2. The highest BCUT2D eigenvalue weighted by Gasteiger charge is 2.32. The molecule has 2 atom stereocenters. The fourth-order valence-electron chi connectivity index (χ4n) is 2.81. The van der Waals surface area contributed by atoms with Gasteiger partial charge < -0.3 is 9.47 Å². The molecule has 0 bridgehead atoms. The molecular weight excluding hydrogens is 362 g/mol. The summed E-state index contributed by atoms with van der Waals surface area (Å²) in [6.07, 6.45) is -0.247. The van der Waals surface area contributed by atoms with E-state index < -0.39 is 10.0 Å². The highest BCUT2D eigenvalue weighted by Crippen LogP contribution is 2.30. The van der Waals surface area contributed by atoms with Gasteiger partial charge in [0, 0.05) is 13.1 Å². The molecule has 25 heavy (non-hydrogen) atoms. The second kappa shape index (κ2) is 7.33. The maximum atomic E-state index is 12.8. The highest BCUT2D eigenvalue weighted by atomic mass is 35.5. The van der Waals surface area contributed by atoms with Crippen LogP contribution in [0.25, 0.3) is 0 Å². The van der Waals surface area contributed by atoms with Crippen molar-refractivity contribution in [3.05, 3.63) is 53.6 Å². The molecule has 7 heteroatoms. The van der Waals surface area contributed by atoms with E-state index in [-0.39, 0.29) is 17.1 Å². The van der Waals surface area contributed by atoms with Gasteiger partial charge in [-0.3, -0.25) is 0 Å². The van der Waals surface area contributed by atoms with Gasteiger partial charge in [-0.25, -0.2) is 8.42 Å². The van der Waals surface area contributed by atoms with Gasteiger partial charge in [-0.2, -0.15) is 4.31 Å². The zero-order chi connectivity index (χ0) is 18.0. The zero-order valence-electron chi connectivity index (χ0n) is 14.1. The van der Waals surface area contributed by atoms with Crippen LogP contribution >= 0.6 is 11.6 Å². The first-order valence-electron chi connectivity index (χ1n) is 8.04. The van der Waals surface area contributed by atoms with Gasteiger partial charge in [0.2, 0.25) is 10.0 Å². The average Bonchev–Trinajstić information content (AvgIpc) is 2.56. The van der Waals surface area contributed by atoms with Crippen LogP contribution in [0.15, 0.2) is 53.4 Å². The number of ether oxygens (including phenoxy) is 2. The molecule has 1 fully saturated rings. The lowest BCUT2D eigenvalue weighted by atomic mass is 10.3. The second-order valence-corrected chi connectivity index (χ2v) is 8.43. The van der Waals surface area contributed by atoms with Crippen molar-refractivity contribution in [3.8, 4) is 11.5 Å². The van der Waals surface area contributed by atoms with Crippen molar-refractivity contribution < 1.29 is 17.9 Å². The Bertz CT molecular complexity index is 828. The molecule has 2 unspecified atom stereocenters. The van der Waals surface area contributed by atoms with Crippen LogP contribution in [0.4, 0.5) is 0 Å². The number of nitrogens with zero attached hydrogens (tertiary/aromatic N) is 1. The van der Waals surface area contributed by atoms with E-state index in [9.17, 15) is 8.42 Å². The molecule has 0 N–H and O–H groups in total. The Kier molecular flexibility index (Phi) is 5.34. The monoisotopic (exact) mass is 381 g/mol. The summed E-state index contributed by atoms with van der Waals surface area (Å²) in [6.45, 7) is 4.45. The lowest BCUT2D eigenvalue weighted by Crippen LogP contribution is -2.48. The van der Waals surface area contributed by atoms with Crippen LogP contribution in [0.3, 0.4) is 0 Å². The van der Waals surface area contributed by atoms with Crippen LogP contribution < -0.4 is 4.74 Å². The Balaban J connectivity index is 1.78. The third-order valence-electron chi connectivity index (χ3n) is 3.91. The minimum Gasteiger partial charge on any atom is -0.456 e. The molecule has 5 nitrogen and oxygen atoms in total. The van der Waals surface area contributed by atoms with E-state index in [4.69, 9.17) is 21.1 Å². The van der Waals surface area contributed by atoms with Crippen molar-refractivity contribution in [1.29, 1.82) is 0 Å². The zero-order valence-corrected chi connectivity index (χ0v) is 15.6. The van der Waals surface area contributed by atoms with E-state index >= 15 is 0 Å². The van der Waals surface area contributed by atoms with Gasteiger partial charge in [0.25, 0.3) is 0 Å². The van der Waals surface area contributed by atoms with E-state index in [0.29, 0.717) is 29.6 Å². The normalized spacial score (nSPS) is 21.9. The van der Waals surface area contributed by atoms with Gasteiger partial charge in [-0.05, 0) is 50.2 Å². The average molecular weight is 382 g/mol. The lowest BCUT2D eigenvalue weighted by Gasteiger charge is -2.34. The Morgan fingerprint density at radius 3 is 2.24 bits per heavy atom. The van der Waals surface area contributed by atoms with E-state index in [1.54, 1.807) is 36.4 Å². The van der Waals surface area contributed by atoms with Crippen molar-refractivity contribution >= 4 is 21.6 Å². The maximum Gasteiger partial charge on any atom is 0.243 e. The molecule has 1 heterocycles. The molecule has 0 saturated carbocycles. The van der Waals surface area contributed by atoms with E-state index in [1.165, 1.54) is 4.31 Å². The molecule has 1 aliphatic heterocycles. The van der Waals surface area contributed by atoms with E-state index in [2.05, 4.69) is 0 Å². The summed E-state index contributed by atoms with van der Waals surface area (Å²) in [4.78, 5) is 0.236. The summed E-state index contributed by atoms with van der Waals surface area (Å²) < 4.78 is 38.4. The SMILES string of the molecule is CC1CN(S(=O)(=O)c2ccc(Oc3ccccc3Cl)cc2)CC(C)O1. The Labute approximate surface area is 153 Å². The van der Waals surface area contributed by atoms with Crippen LogP contribution in [0.5, 0.6) is 11.5 Å². The third-order valence-corrected chi connectivity index (χ3v) is 6.07. The van der Waals surface area contributed by atoms with Crippen LogP contribution in [-0.2, 0) is 14.8 Å². The smallest absolute Gasteiger partial charge is 0.243 e. The van der Waals surface area contributed by atoms with Crippen molar-refractivity contribution in [2.45, 2.75) is 31.0 Å². The summed E-state index contributed by atoms with van der Waals surface area (Å²) in [5.41, 5.74) is 0. The highest BCUT2D eigenvalue weighted by molar-refractivity contribution is 7.89. The number of benzene rings is 2. The standard InChI is InChI=1S/C18H20ClNO4S/c1-13-11-20(12-14(2)23-13)25(21,22)16-9-7-15(8-10-16)24-18-6-4-3-5-17(18)19/h3-10,13-14H,11-12H2,1-2H3. The number of hydrogen-bond donors (Lipinski definition) is 0. The topological polar surface area (TPSA) is 55.8 Å². The number of sulfonamides is 1. The second-order valence-electron chi connectivity index (χ2n) is 6.08. The lowest BCUT2D eigenvalue weighted by molar-refractivity contribution is -0.0440. The fourth-order valence-corrected chi connectivity index (χ4v) is 4.57. The van der Waals surface area contributed by atoms with Gasteiger partial charge in [-0.15, -0.1) is 0 Å². The summed E-state index contributed by atoms with van der Waals surface area (Å²) in [5, 5.41) is 0.496. The number of hydrogen-bond acceptors (Lipinski definition) is 4. The van der Waals surface area contributed by atoms with Crippen LogP contribution in [0.2, 0.25) is 5.02 Å². The third kappa shape index (κ3) is 4.15.